The van der Waals surface area contributed by atoms with E-state index in [2.05, 4.69) is 36.8 Å². The van der Waals surface area contributed by atoms with Crippen LogP contribution in [0.15, 0.2) is 40.9 Å². The van der Waals surface area contributed by atoms with Gasteiger partial charge in [-0.05, 0) is 36.4 Å². The number of nitrogens with one attached hydrogen (secondary N) is 2. The number of carbonyl (C=O) groups is 1. The standard InChI is InChI=1S/C14H15BrN4O/c1-9(2)14(20)17-13-8-7-12(18-19-13)16-11-5-3-10(15)4-6-11/h3-9H,1-2H3,(H,16,18)(H,17,19,20). The van der Waals surface area contributed by atoms with Gasteiger partial charge in [-0.3, -0.25) is 4.79 Å². The molecule has 0 bridgehead atoms. The fraction of sp³-hybridized carbons (Fsp3) is 0.214. The van der Waals surface area contributed by atoms with Crippen LogP contribution in [-0.4, -0.2) is 16.1 Å². The molecule has 0 fully saturated rings. The number of amides is 1. The van der Waals surface area contributed by atoms with Gasteiger partial charge in [-0.2, -0.15) is 0 Å². The summed E-state index contributed by atoms with van der Waals surface area (Å²) >= 11 is 3.38. The summed E-state index contributed by atoms with van der Waals surface area (Å²) in [5, 5.41) is 13.8. The summed E-state index contributed by atoms with van der Waals surface area (Å²) in [4.78, 5) is 11.5. The Bertz CT molecular complexity index is 581. The largest absolute Gasteiger partial charge is 0.339 e. The van der Waals surface area contributed by atoms with E-state index in [1.54, 1.807) is 12.1 Å². The third-order valence-electron chi connectivity index (χ3n) is 2.56. The fourth-order valence-corrected chi connectivity index (χ4v) is 1.68. The highest BCUT2D eigenvalue weighted by atomic mass is 79.9. The summed E-state index contributed by atoms with van der Waals surface area (Å²) in [6.07, 6.45) is 0. The Morgan fingerprint density at radius 3 is 2.20 bits per heavy atom. The van der Waals surface area contributed by atoms with Crippen molar-refractivity contribution in [3.8, 4) is 0 Å². The van der Waals surface area contributed by atoms with Crippen molar-refractivity contribution >= 4 is 39.2 Å². The van der Waals surface area contributed by atoms with Crippen molar-refractivity contribution in [2.75, 3.05) is 10.6 Å². The van der Waals surface area contributed by atoms with Crippen LogP contribution in [0.4, 0.5) is 17.3 Å². The van der Waals surface area contributed by atoms with Crippen molar-refractivity contribution in [3.63, 3.8) is 0 Å². The molecule has 1 heterocycles. The van der Waals surface area contributed by atoms with Gasteiger partial charge in [-0.15, -0.1) is 10.2 Å². The lowest BCUT2D eigenvalue weighted by Gasteiger charge is -2.08. The number of aromatic nitrogens is 2. The molecular formula is C14H15BrN4O. The van der Waals surface area contributed by atoms with Crippen LogP contribution < -0.4 is 10.6 Å². The molecule has 104 valence electrons. The predicted molar refractivity (Wildman–Crippen MR) is 82.9 cm³/mol. The number of halogens is 1. The zero-order valence-corrected chi connectivity index (χ0v) is 12.8. The van der Waals surface area contributed by atoms with Crippen LogP contribution in [0.5, 0.6) is 0 Å². The molecule has 5 nitrogen and oxygen atoms in total. The fourth-order valence-electron chi connectivity index (χ4n) is 1.42. The van der Waals surface area contributed by atoms with Crippen molar-refractivity contribution in [3.05, 3.63) is 40.9 Å². The van der Waals surface area contributed by atoms with Crippen LogP contribution >= 0.6 is 15.9 Å². The van der Waals surface area contributed by atoms with Crippen LogP contribution in [-0.2, 0) is 4.79 Å². The monoisotopic (exact) mass is 334 g/mol. The maximum absolute atomic E-state index is 11.5. The summed E-state index contributed by atoms with van der Waals surface area (Å²) in [6.45, 7) is 3.65. The van der Waals surface area contributed by atoms with Gasteiger partial charge in [0, 0.05) is 16.1 Å². The van der Waals surface area contributed by atoms with E-state index in [1.165, 1.54) is 0 Å². The maximum atomic E-state index is 11.5. The first-order chi connectivity index (χ1) is 9.54. The van der Waals surface area contributed by atoms with Crippen LogP contribution in [0.3, 0.4) is 0 Å². The van der Waals surface area contributed by atoms with Gasteiger partial charge in [0.05, 0.1) is 0 Å². The minimum Gasteiger partial charge on any atom is -0.339 e. The maximum Gasteiger partial charge on any atom is 0.228 e. The lowest BCUT2D eigenvalue weighted by Crippen LogP contribution is -2.18. The summed E-state index contributed by atoms with van der Waals surface area (Å²) < 4.78 is 1.01. The quantitative estimate of drug-likeness (QED) is 0.896. The van der Waals surface area contributed by atoms with Gasteiger partial charge in [-0.25, -0.2) is 0 Å². The highest BCUT2D eigenvalue weighted by Gasteiger charge is 2.08. The molecule has 1 aromatic heterocycles. The van der Waals surface area contributed by atoms with Crippen LogP contribution in [0.1, 0.15) is 13.8 Å². The van der Waals surface area contributed by atoms with Gasteiger partial charge >= 0.3 is 0 Å². The van der Waals surface area contributed by atoms with Gasteiger partial charge in [0.25, 0.3) is 0 Å². The molecule has 0 saturated carbocycles. The predicted octanol–water partition coefficient (Wildman–Crippen LogP) is 3.58. The Balaban J connectivity index is 2.01. The second-order valence-corrected chi connectivity index (χ2v) is 5.50. The van der Waals surface area contributed by atoms with E-state index in [0.717, 1.165) is 10.2 Å². The highest BCUT2D eigenvalue weighted by Crippen LogP contribution is 2.18. The molecule has 0 aliphatic rings. The molecule has 1 amide bonds. The Kier molecular flexibility index (Phi) is 4.68. The van der Waals surface area contributed by atoms with Crippen molar-refractivity contribution in [1.29, 1.82) is 0 Å². The number of anilines is 3. The Labute approximate surface area is 125 Å². The summed E-state index contributed by atoms with van der Waals surface area (Å²) in [5.41, 5.74) is 0.918. The average molecular weight is 335 g/mol. The van der Waals surface area contributed by atoms with E-state index < -0.39 is 0 Å². The summed E-state index contributed by atoms with van der Waals surface area (Å²) in [6, 6.07) is 11.2. The van der Waals surface area contributed by atoms with E-state index in [9.17, 15) is 4.79 Å². The Morgan fingerprint density at radius 2 is 1.65 bits per heavy atom. The molecule has 20 heavy (non-hydrogen) atoms. The third-order valence-corrected chi connectivity index (χ3v) is 3.09. The first-order valence-electron chi connectivity index (χ1n) is 6.22. The molecule has 0 radical (unpaired) electrons. The van der Waals surface area contributed by atoms with Gasteiger partial charge < -0.3 is 10.6 Å². The van der Waals surface area contributed by atoms with Gasteiger partial charge in [-0.1, -0.05) is 29.8 Å². The lowest BCUT2D eigenvalue weighted by molar-refractivity contribution is -0.118. The Morgan fingerprint density at radius 1 is 1.05 bits per heavy atom. The minimum atomic E-state index is -0.0858. The molecule has 0 aliphatic carbocycles. The van der Waals surface area contributed by atoms with Gasteiger partial charge in [0.15, 0.2) is 11.6 Å². The van der Waals surface area contributed by atoms with Crippen LogP contribution in [0.2, 0.25) is 0 Å². The molecule has 2 rings (SSSR count). The molecule has 0 unspecified atom stereocenters. The third kappa shape index (κ3) is 4.03. The number of hydrogen-bond acceptors (Lipinski definition) is 4. The van der Waals surface area contributed by atoms with Crippen molar-refractivity contribution in [1.82, 2.24) is 10.2 Å². The zero-order valence-electron chi connectivity index (χ0n) is 11.2. The summed E-state index contributed by atoms with van der Waals surface area (Å²) in [5.74, 6) is 0.908. The second-order valence-electron chi connectivity index (χ2n) is 4.58. The minimum absolute atomic E-state index is 0.0760. The molecular weight excluding hydrogens is 320 g/mol. The summed E-state index contributed by atoms with van der Waals surface area (Å²) in [7, 11) is 0. The first kappa shape index (κ1) is 14.5. The number of rotatable bonds is 4. The lowest BCUT2D eigenvalue weighted by atomic mass is 10.2. The van der Waals surface area contributed by atoms with Gasteiger partial charge in [0.2, 0.25) is 5.91 Å². The molecule has 6 heteroatoms. The van der Waals surface area contributed by atoms with E-state index >= 15 is 0 Å². The van der Waals surface area contributed by atoms with Crippen molar-refractivity contribution < 1.29 is 4.79 Å². The van der Waals surface area contributed by atoms with Crippen molar-refractivity contribution in [2.45, 2.75) is 13.8 Å². The second kappa shape index (κ2) is 6.47. The zero-order chi connectivity index (χ0) is 14.5. The molecule has 2 N–H and O–H groups in total. The first-order valence-corrected chi connectivity index (χ1v) is 7.01. The molecule has 0 spiro atoms. The smallest absolute Gasteiger partial charge is 0.228 e. The van der Waals surface area contributed by atoms with E-state index in [0.29, 0.717) is 11.6 Å². The molecule has 2 aromatic rings. The van der Waals surface area contributed by atoms with Crippen LogP contribution in [0, 0.1) is 5.92 Å². The van der Waals surface area contributed by atoms with Crippen LogP contribution in [0.25, 0.3) is 0 Å². The SMILES string of the molecule is CC(C)C(=O)Nc1ccc(Nc2ccc(Br)cc2)nn1. The average Bonchev–Trinajstić information content (AvgIpc) is 2.43. The molecule has 0 saturated heterocycles. The number of carbonyl (C=O) groups excluding carboxylic acids is 1. The topological polar surface area (TPSA) is 66.9 Å². The Hall–Kier alpha value is -1.95. The number of nitrogens with zero attached hydrogens (tertiary/aromatic N) is 2. The van der Waals surface area contributed by atoms with E-state index in [4.69, 9.17) is 0 Å². The van der Waals surface area contributed by atoms with Gasteiger partial charge in [0.1, 0.15) is 0 Å². The molecule has 1 aromatic carbocycles. The normalized spacial score (nSPS) is 10.4. The highest BCUT2D eigenvalue weighted by molar-refractivity contribution is 9.10. The molecule has 0 atom stereocenters. The van der Waals surface area contributed by atoms with E-state index in [-0.39, 0.29) is 11.8 Å². The van der Waals surface area contributed by atoms with E-state index in [1.807, 2.05) is 38.1 Å². The number of benzene rings is 1. The van der Waals surface area contributed by atoms with Crippen molar-refractivity contribution in [2.24, 2.45) is 5.92 Å². The number of hydrogen-bond donors (Lipinski definition) is 2. The molecule has 0 aliphatic heterocycles.